The quantitative estimate of drug-likeness (QED) is 0.233. The van der Waals surface area contributed by atoms with Gasteiger partial charge in [0.05, 0.1) is 12.2 Å². The van der Waals surface area contributed by atoms with Crippen LogP contribution in [0.15, 0.2) is 30.3 Å². The third kappa shape index (κ3) is 8.73. The summed E-state index contributed by atoms with van der Waals surface area (Å²) in [6.45, 7) is 4.85. The number of benzene rings is 2. The summed E-state index contributed by atoms with van der Waals surface area (Å²) in [6, 6.07) is 7.55. The fourth-order valence-corrected chi connectivity index (χ4v) is 4.18. The normalized spacial score (nSPS) is 11.1. The molecule has 0 aromatic heterocycles. The molecule has 5 heteroatoms. The average Bonchev–Trinajstić information content (AvgIpc) is 2.83. The SMILES string of the molecule is CCCCCCCCOc1ccc(C(=O)O)c(-c2ccc(CCCCCCCC)c(F)c2F)c1. The lowest BCUT2D eigenvalue weighted by atomic mass is 9.96. The van der Waals surface area contributed by atoms with Gasteiger partial charge < -0.3 is 9.84 Å². The van der Waals surface area contributed by atoms with Gasteiger partial charge in [-0.3, -0.25) is 0 Å². The van der Waals surface area contributed by atoms with Gasteiger partial charge >= 0.3 is 5.97 Å². The van der Waals surface area contributed by atoms with Crippen molar-refractivity contribution in [2.75, 3.05) is 6.61 Å². The molecule has 0 aliphatic heterocycles. The molecule has 0 aliphatic carbocycles. The molecule has 2 aromatic rings. The number of halogens is 2. The lowest BCUT2D eigenvalue weighted by molar-refractivity contribution is 0.0697. The van der Waals surface area contributed by atoms with E-state index in [2.05, 4.69) is 13.8 Å². The molecule has 2 rings (SSSR count). The second-order valence-corrected chi connectivity index (χ2v) is 9.05. The molecule has 0 aliphatic rings. The van der Waals surface area contributed by atoms with Gasteiger partial charge in [0, 0.05) is 11.1 Å². The highest BCUT2D eigenvalue weighted by atomic mass is 19.2. The number of rotatable bonds is 17. The molecule has 0 atom stereocenters. The first kappa shape index (κ1) is 27.8. The van der Waals surface area contributed by atoms with Crippen LogP contribution in [0, 0.1) is 11.6 Å². The number of unbranched alkanes of at least 4 members (excludes halogenated alkanes) is 10. The molecule has 0 spiro atoms. The summed E-state index contributed by atoms with van der Waals surface area (Å²) in [5, 5.41) is 9.60. The number of carbonyl (C=O) groups is 1. The van der Waals surface area contributed by atoms with Crippen molar-refractivity contribution in [1.82, 2.24) is 0 Å². The van der Waals surface area contributed by atoms with Crippen LogP contribution < -0.4 is 4.74 Å². The summed E-state index contributed by atoms with van der Waals surface area (Å²) in [5.74, 6) is -2.61. The molecule has 2 aromatic carbocycles. The number of carboxylic acid groups (broad SMARTS) is 1. The molecule has 0 radical (unpaired) electrons. The fraction of sp³-hybridized carbons (Fsp3) is 0.552. The van der Waals surface area contributed by atoms with E-state index in [1.54, 1.807) is 12.1 Å². The van der Waals surface area contributed by atoms with Crippen molar-refractivity contribution in [2.45, 2.75) is 97.3 Å². The maximum absolute atomic E-state index is 15.0. The highest BCUT2D eigenvalue weighted by Gasteiger charge is 2.20. The Morgan fingerprint density at radius 1 is 0.765 bits per heavy atom. The van der Waals surface area contributed by atoms with Crippen molar-refractivity contribution in [3.8, 4) is 16.9 Å². The van der Waals surface area contributed by atoms with Crippen LogP contribution in [0.5, 0.6) is 5.75 Å². The molecule has 0 saturated carbocycles. The van der Waals surface area contributed by atoms with Gasteiger partial charge in [-0.2, -0.15) is 0 Å². The van der Waals surface area contributed by atoms with Gasteiger partial charge in [0.1, 0.15) is 5.75 Å². The number of aromatic carboxylic acids is 1. The van der Waals surface area contributed by atoms with E-state index in [1.165, 1.54) is 56.7 Å². The van der Waals surface area contributed by atoms with Gasteiger partial charge in [-0.15, -0.1) is 0 Å². The monoisotopic (exact) mass is 474 g/mol. The second kappa shape index (κ2) is 15.5. The smallest absolute Gasteiger partial charge is 0.336 e. The van der Waals surface area contributed by atoms with Crippen LogP contribution in [0.3, 0.4) is 0 Å². The second-order valence-electron chi connectivity index (χ2n) is 9.05. The van der Waals surface area contributed by atoms with E-state index < -0.39 is 17.6 Å². The van der Waals surface area contributed by atoms with Crippen molar-refractivity contribution < 1.29 is 23.4 Å². The van der Waals surface area contributed by atoms with Crippen LogP contribution in [-0.2, 0) is 6.42 Å². The Balaban J connectivity index is 2.09. The van der Waals surface area contributed by atoms with Gasteiger partial charge in [-0.05, 0) is 43.0 Å². The van der Waals surface area contributed by atoms with Gasteiger partial charge in [-0.1, -0.05) is 90.2 Å². The van der Waals surface area contributed by atoms with Crippen molar-refractivity contribution >= 4 is 5.97 Å². The molecule has 0 unspecified atom stereocenters. The van der Waals surface area contributed by atoms with Crippen LogP contribution in [-0.4, -0.2) is 17.7 Å². The maximum Gasteiger partial charge on any atom is 0.336 e. The van der Waals surface area contributed by atoms with Gasteiger partial charge in [0.2, 0.25) is 0 Å². The molecule has 1 N–H and O–H groups in total. The third-order valence-electron chi connectivity index (χ3n) is 6.24. The zero-order valence-corrected chi connectivity index (χ0v) is 20.8. The summed E-state index contributed by atoms with van der Waals surface area (Å²) in [4.78, 5) is 11.7. The highest BCUT2D eigenvalue weighted by Crippen LogP contribution is 2.33. The summed E-state index contributed by atoms with van der Waals surface area (Å²) in [5.41, 5.74) is 0.347. The van der Waals surface area contributed by atoms with Crippen molar-refractivity contribution in [3.05, 3.63) is 53.1 Å². The van der Waals surface area contributed by atoms with Crippen LogP contribution in [0.25, 0.3) is 11.1 Å². The Morgan fingerprint density at radius 2 is 1.38 bits per heavy atom. The largest absolute Gasteiger partial charge is 0.494 e. The Hall–Kier alpha value is -2.43. The topological polar surface area (TPSA) is 46.5 Å². The first-order valence-electron chi connectivity index (χ1n) is 13.0. The maximum atomic E-state index is 15.0. The minimum Gasteiger partial charge on any atom is -0.494 e. The van der Waals surface area contributed by atoms with Crippen LogP contribution in [0.4, 0.5) is 8.78 Å². The molecule has 0 bridgehead atoms. The molecule has 188 valence electrons. The van der Waals surface area contributed by atoms with Crippen molar-refractivity contribution in [2.24, 2.45) is 0 Å². The molecule has 0 heterocycles. The molecule has 3 nitrogen and oxygen atoms in total. The van der Waals surface area contributed by atoms with Crippen molar-refractivity contribution in [3.63, 3.8) is 0 Å². The minimum atomic E-state index is -1.19. The van der Waals surface area contributed by atoms with E-state index in [0.29, 0.717) is 24.3 Å². The van der Waals surface area contributed by atoms with E-state index in [-0.39, 0.29) is 16.7 Å². The number of hydrogen-bond acceptors (Lipinski definition) is 2. The number of aryl methyl sites for hydroxylation is 1. The number of hydrogen-bond donors (Lipinski definition) is 1. The van der Waals surface area contributed by atoms with E-state index >= 15 is 4.39 Å². The van der Waals surface area contributed by atoms with E-state index in [4.69, 9.17) is 4.74 Å². The predicted molar refractivity (Wildman–Crippen MR) is 135 cm³/mol. The van der Waals surface area contributed by atoms with E-state index in [1.807, 2.05) is 0 Å². The summed E-state index contributed by atoms with van der Waals surface area (Å²) in [7, 11) is 0. The zero-order valence-electron chi connectivity index (χ0n) is 20.8. The Kier molecular flexibility index (Phi) is 12.7. The summed E-state index contributed by atoms with van der Waals surface area (Å²) < 4.78 is 35.7. The van der Waals surface area contributed by atoms with Gasteiger partial charge in [0.25, 0.3) is 0 Å². The number of ether oxygens (including phenoxy) is 1. The Morgan fingerprint density at radius 3 is 2.03 bits per heavy atom. The Bertz CT molecular complexity index is 895. The van der Waals surface area contributed by atoms with Gasteiger partial charge in [-0.25, -0.2) is 13.6 Å². The first-order valence-corrected chi connectivity index (χ1v) is 13.0. The van der Waals surface area contributed by atoms with Crippen LogP contribution >= 0.6 is 0 Å². The molecule has 0 saturated heterocycles. The molecular weight excluding hydrogens is 434 g/mol. The lowest BCUT2D eigenvalue weighted by Crippen LogP contribution is -2.04. The predicted octanol–water partition coefficient (Wildman–Crippen LogP) is 8.97. The standard InChI is InChI=1S/C29H40F2O3/c1-3-5-7-9-11-13-15-22-16-18-24(28(31)27(22)30)26-21-23(17-19-25(26)29(32)33)34-20-14-12-10-8-6-4-2/h16-19,21H,3-15,20H2,1-2H3,(H,32,33). The van der Waals surface area contributed by atoms with Crippen LogP contribution in [0.2, 0.25) is 0 Å². The Labute approximate surface area is 203 Å². The molecule has 0 fully saturated rings. The first-order chi connectivity index (χ1) is 16.5. The lowest BCUT2D eigenvalue weighted by Gasteiger charge is -2.13. The summed E-state index contributed by atoms with van der Waals surface area (Å²) in [6.07, 6.45) is 13.7. The molecule has 34 heavy (non-hydrogen) atoms. The highest BCUT2D eigenvalue weighted by molar-refractivity contribution is 5.96. The van der Waals surface area contributed by atoms with Gasteiger partial charge in [0.15, 0.2) is 11.6 Å². The molecular formula is C29H40F2O3. The van der Waals surface area contributed by atoms with E-state index in [0.717, 1.165) is 38.5 Å². The fourth-order valence-electron chi connectivity index (χ4n) is 4.18. The average molecular weight is 475 g/mol. The minimum absolute atomic E-state index is 0.0494. The van der Waals surface area contributed by atoms with E-state index in [9.17, 15) is 14.3 Å². The summed E-state index contributed by atoms with van der Waals surface area (Å²) >= 11 is 0. The van der Waals surface area contributed by atoms with Crippen molar-refractivity contribution in [1.29, 1.82) is 0 Å². The number of carboxylic acids is 1. The molecule has 0 amide bonds. The van der Waals surface area contributed by atoms with Crippen LogP contribution in [0.1, 0.15) is 107 Å². The third-order valence-corrected chi connectivity index (χ3v) is 6.24. The zero-order chi connectivity index (χ0) is 24.8.